The van der Waals surface area contributed by atoms with Gasteiger partial charge in [0.15, 0.2) is 0 Å². The molecule has 1 heterocycles. The first-order chi connectivity index (χ1) is 8.56. The molecule has 0 saturated carbocycles. The second kappa shape index (κ2) is 4.98. The summed E-state index contributed by atoms with van der Waals surface area (Å²) in [5.41, 5.74) is 3.43. The molecule has 2 rings (SSSR count). The minimum absolute atomic E-state index is 0.326. The summed E-state index contributed by atoms with van der Waals surface area (Å²) in [6.45, 7) is 4.60. The van der Waals surface area contributed by atoms with Crippen molar-refractivity contribution in [1.29, 1.82) is 0 Å². The summed E-state index contributed by atoms with van der Waals surface area (Å²) in [5, 5.41) is 9.15. The van der Waals surface area contributed by atoms with Gasteiger partial charge < -0.3 is 9.67 Å². The molecule has 1 aromatic heterocycles. The van der Waals surface area contributed by atoms with Crippen molar-refractivity contribution in [3.8, 4) is 11.3 Å². The van der Waals surface area contributed by atoms with Crippen molar-refractivity contribution in [3.63, 3.8) is 0 Å². The summed E-state index contributed by atoms with van der Waals surface area (Å²) >= 11 is 3.50. The Morgan fingerprint density at radius 1 is 1.33 bits per heavy atom. The van der Waals surface area contributed by atoms with Crippen LogP contribution in [0.3, 0.4) is 0 Å². The molecule has 0 saturated heterocycles. The summed E-state index contributed by atoms with van der Waals surface area (Å²) in [7, 11) is 0. The third-order valence-electron chi connectivity index (χ3n) is 3.06. The first-order valence-electron chi connectivity index (χ1n) is 5.74. The molecule has 0 aliphatic carbocycles. The van der Waals surface area contributed by atoms with E-state index in [0.29, 0.717) is 12.2 Å². The summed E-state index contributed by atoms with van der Waals surface area (Å²) in [6.07, 6.45) is 0. The van der Waals surface area contributed by atoms with E-state index < -0.39 is 5.97 Å². The highest BCUT2D eigenvalue weighted by molar-refractivity contribution is 9.10. The lowest BCUT2D eigenvalue weighted by atomic mass is 10.1. The molecule has 0 aliphatic heterocycles. The first kappa shape index (κ1) is 12.9. The van der Waals surface area contributed by atoms with E-state index in [1.54, 1.807) is 6.07 Å². The summed E-state index contributed by atoms with van der Waals surface area (Å²) in [6, 6.07) is 9.46. The van der Waals surface area contributed by atoms with Crippen LogP contribution in [0.5, 0.6) is 0 Å². The molecule has 0 unspecified atom stereocenters. The van der Waals surface area contributed by atoms with E-state index >= 15 is 0 Å². The van der Waals surface area contributed by atoms with E-state index in [-0.39, 0.29) is 0 Å². The van der Waals surface area contributed by atoms with Crippen LogP contribution in [0.2, 0.25) is 0 Å². The maximum absolute atomic E-state index is 11.1. The number of rotatable bonds is 3. The van der Waals surface area contributed by atoms with Crippen LogP contribution in [-0.2, 0) is 6.54 Å². The molecule has 94 valence electrons. The van der Waals surface area contributed by atoms with Gasteiger partial charge in [0.1, 0.15) is 5.69 Å². The number of nitrogens with zero attached hydrogens (tertiary/aromatic N) is 1. The lowest BCUT2D eigenvalue weighted by Crippen LogP contribution is -2.08. The summed E-state index contributed by atoms with van der Waals surface area (Å²) in [4.78, 5) is 11.1. The predicted octanol–water partition coefficient (Wildman–Crippen LogP) is 3.94. The second-order valence-corrected chi connectivity index (χ2v) is 4.92. The number of aromatic carboxylic acids is 1. The Balaban J connectivity index is 2.65. The highest BCUT2D eigenvalue weighted by Gasteiger charge is 2.15. The van der Waals surface area contributed by atoms with Crippen molar-refractivity contribution in [3.05, 3.63) is 46.1 Å². The number of carboxylic acids is 1. The van der Waals surface area contributed by atoms with Crippen molar-refractivity contribution in [1.82, 2.24) is 4.57 Å². The number of benzene rings is 1. The van der Waals surface area contributed by atoms with Crippen LogP contribution in [0.25, 0.3) is 11.3 Å². The fourth-order valence-corrected chi connectivity index (χ4v) is 2.48. The van der Waals surface area contributed by atoms with Gasteiger partial charge in [-0.2, -0.15) is 0 Å². The fraction of sp³-hybridized carbons (Fsp3) is 0.214. The number of carboxylic acid groups (broad SMARTS) is 1. The van der Waals surface area contributed by atoms with Crippen molar-refractivity contribution in [2.45, 2.75) is 20.4 Å². The van der Waals surface area contributed by atoms with Gasteiger partial charge in [0.05, 0.1) is 0 Å². The van der Waals surface area contributed by atoms with Crippen molar-refractivity contribution < 1.29 is 9.90 Å². The van der Waals surface area contributed by atoms with Crippen LogP contribution in [0.1, 0.15) is 23.0 Å². The van der Waals surface area contributed by atoms with Crippen LogP contribution >= 0.6 is 15.9 Å². The van der Waals surface area contributed by atoms with Crippen molar-refractivity contribution in [2.75, 3.05) is 0 Å². The van der Waals surface area contributed by atoms with Crippen molar-refractivity contribution >= 4 is 21.9 Å². The van der Waals surface area contributed by atoms with Gasteiger partial charge in [-0.15, -0.1) is 0 Å². The lowest BCUT2D eigenvalue weighted by molar-refractivity contribution is 0.0685. The van der Waals surface area contributed by atoms with Crippen LogP contribution in [0.15, 0.2) is 34.8 Å². The standard InChI is InChI=1S/C14H14BrNO2/c1-3-16-12(7-8-13(16)14(17)18)10-5-4-6-11(15)9(10)2/h4-8H,3H2,1-2H3,(H,17,18). The van der Waals surface area contributed by atoms with E-state index in [4.69, 9.17) is 5.11 Å². The smallest absolute Gasteiger partial charge is 0.352 e. The Labute approximate surface area is 114 Å². The lowest BCUT2D eigenvalue weighted by Gasteiger charge is -2.12. The Morgan fingerprint density at radius 2 is 2.06 bits per heavy atom. The van der Waals surface area contributed by atoms with Crippen molar-refractivity contribution in [2.24, 2.45) is 0 Å². The minimum Gasteiger partial charge on any atom is -0.477 e. The Bertz CT molecular complexity index is 602. The molecule has 0 amide bonds. The predicted molar refractivity (Wildman–Crippen MR) is 74.9 cm³/mol. The molecule has 0 aliphatic rings. The number of hydrogen-bond donors (Lipinski definition) is 1. The average Bonchev–Trinajstić information content (AvgIpc) is 2.76. The van der Waals surface area contributed by atoms with Crippen LogP contribution in [0, 0.1) is 6.92 Å². The van der Waals surface area contributed by atoms with Crippen LogP contribution < -0.4 is 0 Å². The third kappa shape index (κ3) is 2.08. The van der Waals surface area contributed by atoms with E-state index in [1.165, 1.54) is 0 Å². The van der Waals surface area contributed by atoms with Gasteiger partial charge in [-0.25, -0.2) is 4.79 Å². The molecule has 1 aromatic carbocycles. The number of aromatic nitrogens is 1. The maximum Gasteiger partial charge on any atom is 0.352 e. The zero-order valence-electron chi connectivity index (χ0n) is 10.3. The fourth-order valence-electron chi connectivity index (χ4n) is 2.12. The second-order valence-electron chi connectivity index (χ2n) is 4.07. The molecule has 0 fully saturated rings. The molecule has 0 bridgehead atoms. The highest BCUT2D eigenvalue weighted by Crippen LogP contribution is 2.30. The average molecular weight is 308 g/mol. The maximum atomic E-state index is 11.1. The Kier molecular flexibility index (Phi) is 3.57. The first-order valence-corrected chi connectivity index (χ1v) is 6.53. The molecule has 0 spiro atoms. The molecule has 1 N–H and O–H groups in total. The SMILES string of the molecule is CCn1c(C(=O)O)ccc1-c1cccc(Br)c1C. The number of halogens is 1. The van der Waals surface area contributed by atoms with Gasteiger partial charge in [0.25, 0.3) is 0 Å². The quantitative estimate of drug-likeness (QED) is 0.933. The van der Waals surface area contributed by atoms with Crippen LogP contribution in [0.4, 0.5) is 0 Å². The van der Waals surface area contributed by atoms with Gasteiger partial charge in [-0.3, -0.25) is 0 Å². The van der Waals surface area contributed by atoms with E-state index in [1.807, 2.05) is 42.7 Å². The summed E-state index contributed by atoms with van der Waals surface area (Å²) < 4.78 is 2.85. The van der Waals surface area contributed by atoms with Gasteiger partial charge in [-0.1, -0.05) is 28.1 Å². The molecule has 2 aromatic rings. The van der Waals surface area contributed by atoms with E-state index in [9.17, 15) is 4.79 Å². The Hall–Kier alpha value is -1.55. The normalized spacial score (nSPS) is 10.6. The monoisotopic (exact) mass is 307 g/mol. The zero-order chi connectivity index (χ0) is 13.3. The molecule has 18 heavy (non-hydrogen) atoms. The number of hydrogen-bond acceptors (Lipinski definition) is 1. The minimum atomic E-state index is -0.893. The van der Waals surface area contributed by atoms with Gasteiger partial charge in [-0.05, 0) is 37.6 Å². The Morgan fingerprint density at radius 3 is 2.67 bits per heavy atom. The number of carbonyl (C=O) groups is 1. The zero-order valence-corrected chi connectivity index (χ0v) is 11.9. The topological polar surface area (TPSA) is 42.2 Å². The van der Waals surface area contributed by atoms with Gasteiger partial charge in [0, 0.05) is 22.3 Å². The molecule has 3 nitrogen and oxygen atoms in total. The van der Waals surface area contributed by atoms with Gasteiger partial charge in [0.2, 0.25) is 0 Å². The largest absolute Gasteiger partial charge is 0.477 e. The highest BCUT2D eigenvalue weighted by atomic mass is 79.9. The van der Waals surface area contributed by atoms with E-state index in [2.05, 4.69) is 15.9 Å². The van der Waals surface area contributed by atoms with Crippen LogP contribution in [-0.4, -0.2) is 15.6 Å². The summed E-state index contributed by atoms with van der Waals surface area (Å²) in [5.74, 6) is -0.893. The molecular formula is C14H14BrNO2. The third-order valence-corrected chi connectivity index (χ3v) is 3.92. The van der Waals surface area contributed by atoms with Gasteiger partial charge >= 0.3 is 5.97 Å². The molecule has 0 atom stereocenters. The molecular weight excluding hydrogens is 294 g/mol. The molecule has 4 heteroatoms. The molecule has 0 radical (unpaired) electrons. The van der Waals surface area contributed by atoms with E-state index in [0.717, 1.165) is 21.3 Å².